The van der Waals surface area contributed by atoms with E-state index in [4.69, 9.17) is 5.11 Å². The number of phenolic OH excluding ortho intramolecular Hbond substituents is 1. The van der Waals surface area contributed by atoms with E-state index in [2.05, 4.69) is 15.3 Å². The molecule has 1 amide bonds. The highest BCUT2D eigenvalue weighted by Gasteiger charge is 2.11. The molecule has 27 heavy (non-hydrogen) atoms. The van der Waals surface area contributed by atoms with Crippen molar-refractivity contribution in [1.29, 1.82) is 0 Å². The van der Waals surface area contributed by atoms with Gasteiger partial charge in [-0.1, -0.05) is 43.3 Å². The molecular weight excluding hydrogens is 342 g/mol. The zero-order chi connectivity index (χ0) is 19.2. The van der Waals surface area contributed by atoms with Crippen LogP contribution in [0.1, 0.15) is 23.7 Å². The maximum absolute atomic E-state index is 12.3. The Morgan fingerprint density at radius 2 is 1.70 bits per heavy atom. The monoisotopic (exact) mass is 363 g/mol. The Balaban J connectivity index is 1.75. The van der Waals surface area contributed by atoms with E-state index in [1.54, 1.807) is 30.5 Å². The van der Waals surface area contributed by atoms with Crippen molar-refractivity contribution in [1.82, 2.24) is 9.97 Å². The van der Waals surface area contributed by atoms with Crippen LogP contribution in [0.15, 0.2) is 54.7 Å². The van der Waals surface area contributed by atoms with Crippen molar-refractivity contribution in [2.75, 3.05) is 5.32 Å². The van der Waals surface area contributed by atoms with Crippen LogP contribution in [0, 0.1) is 0 Å². The fourth-order valence-corrected chi connectivity index (χ4v) is 2.67. The van der Waals surface area contributed by atoms with Gasteiger partial charge in [-0.15, -0.1) is 0 Å². The topological polar surface area (TPSA) is 95.3 Å². The van der Waals surface area contributed by atoms with Crippen LogP contribution in [-0.2, 0) is 24.2 Å². The molecule has 0 radical (unpaired) electrons. The zero-order valence-corrected chi connectivity index (χ0v) is 15.0. The number of benzene rings is 2. The number of nitrogens with zero attached hydrogens (tertiary/aromatic N) is 2. The first-order chi connectivity index (χ1) is 13.1. The molecule has 0 saturated heterocycles. The second-order valence-electron chi connectivity index (χ2n) is 6.15. The van der Waals surface area contributed by atoms with Crippen LogP contribution in [0.4, 0.5) is 5.82 Å². The van der Waals surface area contributed by atoms with Gasteiger partial charge in [0.25, 0.3) is 0 Å². The van der Waals surface area contributed by atoms with Gasteiger partial charge < -0.3 is 15.5 Å². The van der Waals surface area contributed by atoms with Gasteiger partial charge in [0.1, 0.15) is 5.75 Å². The molecule has 0 atom stereocenters. The number of hydrogen-bond donors (Lipinski definition) is 3. The Kier molecular flexibility index (Phi) is 5.78. The smallest absolute Gasteiger partial charge is 0.229 e. The van der Waals surface area contributed by atoms with E-state index in [9.17, 15) is 9.90 Å². The van der Waals surface area contributed by atoms with Gasteiger partial charge in [0.15, 0.2) is 5.82 Å². The maximum atomic E-state index is 12.3. The van der Waals surface area contributed by atoms with Crippen molar-refractivity contribution in [2.45, 2.75) is 26.4 Å². The summed E-state index contributed by atoms with van der Waals surface area (Å²) in [5.41, 5.74) is 3.96. The molecule has 0 fully saturated rings. The number of carbonyl (C=O) groups excluding carboxylic acids is 1. The Bertz CT molecular complexity index is 922. The fraction of sp³-hybridized carbons (Fsp3) is 0.190. The molecule has 138 valence electrons. The molecule has 0 spiro atoms. The van der Waals surface area contributed by atoms with Gasteiger partial charge in [0, 0.05) is 5.56 Å². The predicted molar refractivity (Wildman–Crippen MR) is 103 cm³/mol. The number of rotatable bonds is 6. The largest absolute Gasteiger partial charge is 0.508 e. The Morgan fingerprint density at radius 3 is 2.33 bits per heavy atom. The predicted octanol–water partition coefficient (Wildman–Crippen LogP) is 3.09. The third-order valence-electron chi connectivity index (χ3n) is 4.17. The van der Waals surface area contributed by atoms with Gasteiger partial charge in [-0.3, -0.25) is 4.79 Å². The number of aliphatic hydroxyl groups excluding tert-OH is 1. The Morgan fingerprint density at radius 1 is 1.04 bits per heavy atom. The number of hydrogen-bond acceptors (Lipinski definition) is 5. The van der Waals surface area contributed by atoms with Crippen LogP contribution < -0.4 is 5.32 Å². The SMILES string of the molecule is CCc1nc(-c2ccc(CO)cc2)cnc1NC(=O)Cc1ccc(O)cc1. The first-order valence-corrected chi connectivity index (χ1v) is 8.73. The highest BCUT2D eigenvalue weighted by molar-refractivity contribution is 5.92. The van der Waals surface area contributed by atoms with Crippen LogP contribution in [0.25, 0.3) is 11.3 Å². The molecule has 0 saturated carbocycles. The van der Waals surface area contributed by atoms with E-state index in [0.717, 1.165) is 16.7 Å². The van der Waals surface area contributed by atoms with Gasteiger partial charge in [-0.2, -0.15) is 0 Å². The minimum absolute atomic E-state index is 0.00182. The molecule has 1 heterocycles. The van der Waals surface area contributed by atoms with Gasteiger partial charge >= 0.3 is 0 Å². The molecule has 2 aromatic carbocycles. The molecule has 0 aliphatic heterocycles. The summed E-state index contributed by atoms with van der Waals surface area (Å²) in [6, 6.07) is 14.0. The molecule has 1 aromatic heterocycles. The lowest BCUT2D eigenvalue weighted by Crippen LogP contribution is -2.17. The van der Waals surface area contributed by atoms with Crippen LogP contribution in [0.5, 0.6) is 5.75 Å². The molecule has 6 heteroatoms. The highest BCUT2D eigenvalue weighted by Crippen LogP contribution is 2.21. The van der Waals surface area contributed by atoms with Crippen LogP contribution in [0.2, 0.25) is 0 Å². The van der Waals surface area contributed by atoms with Crippen molar-refractivity contribution in [3.63, 3.8) is 0 Å². The normalized spacial score (nSPS) is 10.6. The number of aromatic nitrogens is 2. The highest BCUT2D eigenvalue weighted by atomic mass is 16.3. The molecular formula is C21H21N3O3. The van der Waals surface area contributed by atoms with E-state index >= 15 is 0 Å². The number of aliphatic hydroxyl groups is 1. The van der Waals surface area contributed by atoms with E-state index < -0.39 is 0 Å². The molecule has 0 aliphatic carbocycles. The fourth-order valence-electron chi connectivity index (χ4n) is 2.67. The molecule has 3 rings (SSSR count). The quantitative estimate of drug-likeness (QED) is 0.625. The average Bonchev–Trinajstić information content (AvgIpc) is 2.70. The maximum Gasteiger partial charge on any atom is 0.229 e. The summed E-state index contributed by atoms with van der Waals surface area (Å²) in [5, 5.41) is 21.3. The van der Waals surface area contributed by atoms with Crippen molar-refractivity contribution < 1.29 is 15.0 Å². The number of anilines is 1. The number of aromatic hydroxyl groups is 1. The zero-order valence-electron chi connectivity index (χ0n) is 15.0. The average molecular weight is 363 g/mol. The first kappa shape index (κ1) is 18.5. The van der Waals surface area contributed by atoms with Gasteiger partial charge in [-0.05, 0) is 29.7 Å². The second kappa shape index (κ2) is 8.42. The summed E-state index contributed by atoms with van der Waals surface area (Å²) in [6.07, 6.45) is 2.45. The Hall–Kier alpha value is -3.25. The van der Waals surface area contributed by atoms with Crippen molar-refractivity contribution in [2.24, 2.45) is 0 Å². The van der Waals surface area contributed by atoms with Crippen LogP contribution in [-0.4, -0.2) is 26.1 Å². The first-order valence-electron chi connectivity index (χ1n) is 8.73. The van der Waals surface area contributed by atoms with E-state index in [-0.39, 0.29) is 24.7 Å². The Labute approximate surface area is 157 Å². The lowest BCUT2D eigenvalue weighted by Gasteiger charge is -2.10. The number of nitrogens with one attached hydrogen (secondary N) is 1. The van der Waals surface area contributed by atoms with Crippen LogP contribution in [0.3, 0.4) is 0 Å². The summed E-state index contributed by atoms with van der Waals surface area (Å²) < 4.78 is 0. The van der Waals surface area contributed by atoms with Gasteiger partial charge in [0.05, 0.1) is 30.6 Å². The van der Waals surface area contributed by atoms with Gasteiger partial charge in [-0.25, -0.2) is 9.97 Å². The minimum Gasteiger partial charge on any atom is -0.508 e. The third-order valence-corrected chi connectivity index (χ3v) is 4.17. The lowest BCUT2D eigenvalue weighted by atomic mass is 10.1. The lowest BCUT2D eigenvalue weighted by molar-refractivity contribution is -0.115. The molecule has 0 unspecified atom stereocenters. The molecule has 0 bridgehead atoms. The summed E-state index contributed by atoms with van der Waals surface area (Å²) in [7, 11) is 0. The minimum atomic E-state index is -0.190. The third kappa shape index (κ3) is 4.68. The van der Waals surface area contributed by atoms with Crippen LogP contribution >= 0.6 is 0 Å². The number of aryl methyl sites for hydroxylation is 1. The number of phenols is 1. The summed E-state index contributed by atoms with van der Waals surface area (Å²) in [5.74, 6) is 0.433. The summed E-state index contributed by atoms with van der Waals surface area (Å²) >= 11 is 0. The molecule has 3 aromatic rings. The standard InChI is InChI=1S/C21H21N3O3/c1-2-18-21(24-20(27)11-14-5-9-17(26)10-6-14)22-12-19(23-18)16-7-3-15(13-25)4-8-16/h3-10,12,25-26H,2,11,13H2,1H3,(H,22,24,27). The van der Waals surface area contributed by atoms with Crippen molar-refractivity contribution >= 4 is 11.7 Å². The van der Waals surface area contributed by atoms with E-state index in [0.29, 0.717) is 23.6 Å². The number of carbonyl (C=O) groups is 1. The van der Waals surface area contributed by atoms with Crippen molar-refractivity contribution in [3.05, 3.63) is 71.5 Å². The second-order valence-corrected chi connectivity index (χ2v) is 6.15. The van der Waals surface area contributed by atoms with Crippen molar-refractivity contribution in [3.8, 4) is 17.0 Å². The summed E-state index contributed by atoms with van der Waals surface area (Å²) in [4.78, 5) is 21.3. The van der Waals surface area contributed by atoms with E-state index in [1.165, 1.54) is 0 Å². The molecule has 3 N–H and O–H groups in total. The van der Waals surface area contributed by atoms with Gasteiger partial charge in [0.2, 0.25) is 5.91 Å². The molecule has 0 aliphatic rings. The summed E-state index contributed by atoms with van der Waals surface area (Å²) in [6.45, 7) is 1.95. The number of amides is 1. The molecule has 6 nitrogen and oxygen atoms in total. The van der Waals surface area contributed by atoms with E-state index in [1.807, 2.05) is 31.2 Å².